The summed E-state index contributed by atoms with van der Waals surface area (Å²) in [6, 6.07) is 3.51. The van der Waals surface area contributed by atoms with Gasteiger partial charge in [0.15, 0.2) is 5.82 Å². The maximum atomic E-state index is 11.1. The van der Waals surface area contributed by atoms with E-state index >= 15 is 0 Å². The lowest BCUT2D eigenvalue weighted by Crippen LogP contribution is -2.32. The summed E-state index contributed by atoms with van der Waals surface area (Å²) in [5.41, 5.74) is 11.9. The predicted octanol–water partition coefficient (Wildman–Crippen LogP) is 1.63. The quantitative estimate of drug-likeness (QED) is 0.831. The zero-order valence-electron chi connectivity index (χ0n) is 11.5. The Labute approximate surface area is 108 Å². The van der Waals surface area contributed by atoms with Crippen LogP contribution in [0.5, 0.6) is 0 Å². The second-order valence-electron chi connectivity index (χ2n) is 5.06. The Bertz CT molecular complexity index is 431. The fourth-order valence-corrected chi connectivity index (χ4v) is 1.93. The number of anilines is 2. The van der Waals surface area contributed by atoms with E-state index in [0.29, 0.717) is 23.5 Å². The highest BCUT2D eigenvalue weighted by Crippen LogP contribution is 2.23. The van der Waals surface area contributed by atoms with Crippen molar-refractivity contribution < 1.29 is 4.79 Å². The second-order valence-corrected chi connectivity index (χ2v) is 5.06. The van der Waals surface area contributed by atoms with Crippen LogP contribution in [-0.4, -0.2) is 24.0 Å². The molecule has 1 aromatic heterocycles. The summed E-state index contributed by atoms with van der Waals surface area (Å²) in [6.07, 6.45) is 1.03. The fourth-order valence-electron chi connectivity index (χ4n) is 1.93. The first-order chi connectivity index (χ1) is 8.32. The summed E-state index contributed by atoms with van der Waals surface area (Å²) >= 11 is 0. The molecule has 0 aliphatic heterocycles. The number of hydrogen-bond acceptors (Lipinski definition) is 4. The molecule has 5 nitrogen and oxygen atoms in total. The molecule has 0 saturated carbocycles. The normalized spacial score (nSPS) is 12.5. The van der Waals surface area contributed by atoms with Gasteiger partial charge in [-0.1, -0.05) is 13.8 Å². The molecule has 1 unspecified atom stereocenters. The van der Waals surface area contributed by atoms with Gasteiger partial charge in [0.2, 0.25) is 0 Å². The Balaban J connectivity index is 3.00. The fraction of sp³-hybridized carbons (Fsp3) is 0.538. The topological polar surface area (TPSA) is 85.2 Å². The van der Waals surface area contributed by atoms with E-state index in [1.807, 2.05) is 11.9 Å². The largest absolute Gasteiger partial charge is 0.396 e. The standard InChI is InChI=1S/C13H22N4O/c1-8(2)7-9(3)17(4)13-10(14)5-6-11(16-13)12(15)18/h5-6,8-9H,7,14H2,1-4H3,(H2,15,18). The van der Waals surface area contributed by atoms with Gasteiger partial charge in [-0.15, -0.1) is 0 Å². The molecule has 0 fully saturated rings. The maximum Gasteiger partial charge on any atom is 0.267 e. The van der Waals surface area contributed by atoms with Crippen molar-refractivity contribution in [1.29, 1.82) is 0 Å². The number of primary amides is 1. The van der Waals surface area contributed by atoms with Gasteiger partial charge in [-0.2, -0.15) is 0 Å². The van der Waals surface area contributed by atoms with Crippen molar-refractivity contribution in [2.45, 2.75) is 33.2 Å². The molecule has 0 radical (unpaired) electrons. The minimum absolute atomic E-state index is 0.239. The van der Waals surface area contributed by atoms with E-state index in [-0.39, 0.29) is 5.69 Å². The summed E-state index contributed by atoms with van der Waals surface area (Å²) < 4.78 is 0. The number of nitrogens with zero attached hydrogens (tertiary/aromatic N) is 2. The number of nitrogens with two attached hydrogens (primary N) is 2. The highest BCUT2D eigenvalue weighted by Gasteiger charge is 2.16. The number of amides is 1. The smallest absolute Gasteiger partial charge is 0.267 e. The van der Waals surface area contributed by atoms with Crippen molar-refractivity contribution in [2.24, 2.45) is 11.7 Å². The zero-order chi connectivity index (χ0) is 13.9. The van der Waals surface area contributed by atoms with Gasteiger partial charge < -0.3 is 16.4 Å². The Kier molecular flexibility index (Phi) is 4.53. The van der Waals surface area contributed by atoms with Crippen LogP contribution in [0.15, 0.2) is 12.1 Å². The van der Waals surface area contributed by atoms with E-state index in [0.717, 1.165) is 6.42 Å². The molecule has 4 N–H and O–H groups in total. The maximum absolute atomic E-state index is 11.1. The van der Waals surface area contributed by atoms with Gasteiger partial charge in [0.25, 0.3) is 5.91 Å². The van der Waals surface area contributed by atoms with Crippen LogP contribution in [0.25, 0.3) is 0 Å². The molecule has 1 amide bonds. The summed E-state index contributed by atoms with van der Waals surface area (Å²) in [5.74, 6) is 0.656. The third-order valence-corrected chi connectivity index (χ3v) is 2.97. The minimum Gasteiger partial charge on any atom is -0.396 e. The number of carbonyl (C=O) groups excluding carboxylic acids is 1. The average Bonchev–Trinajstić information content (AvgIpc) is 2.27. The lowest BCUT2D eigenvalue weighted by molar-refractivity contribution is 0.0995. The number of carbonyl (C=O) groups is 1. The predicted molar refractivity (Wildman–Crippen MR) is 74.5 cm³/mol. The first kappa shape index (κ1) is 14.3. The van der Waals surface area contributed by atoms with Gasteiger partial charge >= 0.3 is 0 Å². The van der Waals surface area contributed by atoms with Crippen LogP contribution in [0.1, 0.15) is 37.7 Å². The molecule has 1 aromatic rings. The summed E-state index contributed by atoms with van der Waals surface area (Å²) in [5, 5.41) is 0. The Morgan fingerprint density at radius 3 is 2.50 bits per heavy atom. The molecule has 1 heterocycles. The van der Waals surface area contributed by atoms with Crippen molar-refractivity contribution in [3.8, 4) is 0 Å². The molecule has 1 atom stereocenters. The summed E-state index contributed by atoms with van der Waals surface area (Å²) in [6.45, 7) is 6.44. The molecule has 0 bridgehead atoms. The van der Waals surface area contributed by atoms with Crippen molar-refractivity contribution in [3.05, 3.63) is 17.8 Å². The Morgan fingerprint density at radius 1 is 1.39 bits per heavy atom. The van der Waals surface area contributed by atoms with E-state index in [1.54, 1.807) is 12.1 Å². The number of rotatable bonds is 5. The molecular weight excluding hydrogens is 228 g/mol. The van der Waals surface area contributed by atoms with Crippen LogP contribution in [0.3, 0.4) is 0 Å². The Morgan fingerprint density at radius 2 is 2.00 bits per heavy atom. The highest BCUT2D eigenvalue weighted by molar-refractivity contribution is 5.91. The molecule has 0 aliphatic carbocycles. The van der Waals surface area contributed by atoms with Gasteiger partial charge in [-0.05, 0) is 31.4 Å². The first-order valence-electron chi connectivity index (χ1n) is 6.12. The molecule has 0 spiro atoms. The zero-order valence-corrected chi connectivity index (χ0v) is 11.5. The van der Waals surface area contributed by atoms with Crippen molar-refractivity contribution in [3.63, 3.8) is 0 Å². The monoisotopic (exact) mass is 250 g/mol. The first-order valence-corrected chi connectivity index (χ1v) is 6.12. The number of pyridine rings is 1. The van der Waals surface area contributed by atoms with Crippen LogP contribution in [-0.2, 0) is 0 Å². The number of nitrogen functional groups attached to an aromatic ring is 1. The SMILES string of the molecule is CC(C)CC(C)N(C)c1nc(C(N)=O)ccc1N. The van der Waals surface area contributed by atoms with Crippen LogP contribution >= 0.6 is 0 Å². The highest BCUT2D eigenvalue weighted by atomic mass is 16.1. The minimum atomic E-state index is -0.541. The Hall–Kier alpha value is -1.78. The van der Waals surface area contributed by atoms with Crippen molar-refractivity contribution >= 4 is 17.4 Å². The van der Waals surface area contributed by atoms with Gasteiger partial charge in [0.1, 0.15) is 5.69 Å². The summed E-state index contributed by atoms with van der Waals surface area (Å²) in [7, 11) is 1.93. The average molecular weight is 250 g/mol. The van der Waals surface area contributed by atoms with Gasteiger partial charge in [0.05, 0.1) is 5.69 Å². The van der Waals surface area contributed by atoms with E-state index in [2.05, 4.69) is 25.8 Å². The molecule has 18 heavy (non-hydrogen) atoms. The molecule has 1 rings (SSSR count). The molecule has 0 saturated heterocycles. The third-order valence-electron chi connectivity index (χ3n) is 2.97. The van der Waals surface area contributed by atoms with E-state index in [9.17, 15) is 4.79 Å². The van der Waals surface area contributed by atoms with E-state index in [1.165, 1.54) is 0 Å². The van der Waals surface area contributed by atoms with Crippen molar-refractivity contribution in [2.75, 3.05) is 17.7 Å². The second kappa shape index (κ2) is 5.71. The number of hydrogen-bond donors (Lipinski definition) is 2. The van der Waals surface area contributed by atoms with Crippen molar-refractivity contribution in [1.82, 2.24) is 4.98 Å². The molecule has 0 aromatic carbocycles. The van der Waals surface area contributed by atoms with Crippen LogP contribution in [0.4, 0.5) is 11.5 Å². The van der Waals surface area contributed by atoms with Gasteiger partial charge in [-0.3, -0.25) is 4.79 Å². The van der Waals surface area contributed by atoms with E-state index < -0.39 is 5.91 Å². The summed E-state index contributed by atoms with van der Waals surface area (Å²) in [4.78, 5) is 17.3. The van der Waals surface area contributed by atoms with Gasteiger partial charge in [-0.25, -0.2) is 4.98 Å². The van der Waals surface area contributed by atoms with Crippen LogP contribution < -0.4 is 16.4 Å². The molecular formula is C13H22N4O. The van der Waals surface area contributed by atoms with Crippen LogP contribution in [0, 0.1) is 5.92 Å². The van der Waals surface area contributed by atoms with Crippen LogP contribution in [0.2, 0.25) is 0 Å². The molecule has 5 heteroatoms. The van der Waals surface area contributed by atoms with E-state index in [4.69, 9.17) is 11.5 Å². The molecule has 100 valence electrons. The lowest BCUT2D eigenvalue weighted by atomic mass is 10.0. The lowest BCUT2D eigenvalue weighted by Gasteiger charge is -2.28. The molecule has 0 aliphatic rings. The van der Waals surface area contributed by atoms with Gasteiger partial charge in [0, 0.05) is 13.1 Å². The third kappa shape index (κ3) is 3.35. The number of aromatic nitrogens is 1.